The maximum atomic E-state index is 12.9. The van der Waals surface area contributed by atoms with Gasteiger partial charge in [0.2, 0.25) is 0 Å². The molecular formula is C42H66N8O5. The number of fused-ring (bicyclic) bond motifs is 1. The number of nitrogens with two attached hydrogens (primary N) is 2. The molecule has 304 valence electrons. The Labute approximate surface area is 328 Å². The number of aromatic nitrogens is 1. The number of carbonyl (C=O) groups is 1. The number of ether oxygens (including phenoxy) is 4. The second kappa shape index (κ2) is 22.8. The first-order valence-electron chi connectivity index (χ1n) is 20.4. The normalized spacial score (nSPS) is 19.0. The predicted octanol–water partition coefficient (Wildman–Crippen LogP) is 4.13. The molecular weight excluding hydrogens is 697 g/mol. The number of methoxy groups -OCH3 is 1. The van der Waals surface area contributed by atoms with Crippen molar-refractivity contribution < 1.29 is 23.7 Å². The number of aliphatic imine (C=N–C) groups is 1. The molecule has 0 saturated carbocycles. The molecule has 2 aromatic rings. The lowest BCUT2D eigenvalue weighted by Crippen LogP contribution is -2.47. The van der Waals surface area contributed by atoms with Crippen LogP contribution in [0.25, 0.3) is 0 Å². The number of pyridine rings is 1. The summed E-state index contributed by atoms with van der Waals surface area (Å²) in [6.45, 7) is 16.2. The maximum absolute atomic E-state index is 12.9. The molecule has 0 bridgehead atoms. The van der Waals surface area contributed by atoms with Gasteiger partial charge in [-0.25, -0.2) is 4.98 Å². The van der Waals surface area contributed by atoms with E-state index in [-0.39, 0.29) is 11.9 Å². The third kappa shape index (κ3) is 14.5. The van der Waals surface area contributed by atoms with Gasteiger partial charge in [-0.1, -0.05) is 6.07 Å². The number of likely N-dealkylation sites (tertiary alicyclic amines) is 1. The van der Waals surface area contributed by atoms with E-state index < -0.39 is 0 Å². The minimum Gasteiger partial charge on any atom is -0.469 e. The van der Waals surface area contributed by atoms with E-state index in [9.17, 15) is 4.79 Å². The first-order valence-corrected chi connectivity index (χ1v) is 20.4. The molecule has 2 atom stereocenters. The first-order chi connectivity index (χ1) is 26.8. The summed E-state index contributed by atoms with van der Waals surface area (Å²) < 4.78 is 22.0. The summed E-state index contributed by atoms with van der Waals surface area (Å²) in [5.41, 5.74) is 18.6. The zero-order valence-electron chi connectivity index (χ0n) is 33.6. The average Bonchev–Trinajstić information content (AvgIpc) is 3.64. The van der Waals surface area contributed by atoms with Crippen molar-refractivity contribution in [2.75, 3.05) is 122 Å². The lowest BCUT2D eigenvalue weighted by atomic mass is 9.93. The van der Waals surface area contributed by atoms with Crippen molar-refractivity contribution in [3.05, 3.63) is 58.9 Å². The molecule has 1 aromatic carbocycles. The van der Waals surface area contributed by atoms with Gasteiger partial charge in [-0.05, 0) is 99.9 Å². The fraction of sp³-hybridized carbons (Fsp3) is 0.643. The lowest BCUT2D eigenvalue weighted by Gasteiger charge is -2.36. The van der Waals surface area contributed by atoms with Crippen LogP contribution >= 0.6 is 0 Å². The summed E-state index contributed by atoms with van der Waals surface area (Å²) in [5, 5.41) is 3.47. The van der Waals surface area contributed by atoms with Crippen molar-refractivity contribution in [3.63, 3.8) is 0 Å². The second-order valence-corrected chi connectivity index (χ2v) is 15.1. The number of rotatable bonds is 22. The second-order valence-electron chi connectivity index (χ2n) is 15.1. The highest BCUT2D eigenvalue weighted by Gasteiger charge is 2.28. The van der Waals surface area contributed by atoms with Crippen molar-refractivity contribution in [2.24, 2.45) is 22.4 Å². The molecule has 0 spiro atoms. The fourth-order valence-electron chi connectivity index (χ4n) is 7.77. The van der Waals surface area contributed by atoms with Crippen LogP contribution in [-0.2, 0) is 36.6 Å². The summed E-state index contributed by atoms with van der Waals surface area (Å²) in [6, 6.07) is 11.0. The standard InChI is InChI=1S/C42H66N8O5/c1-32(44)25-33(2)46-39-26-36(27-40(29-39)50-16-14-48(15-17-50)18-20-54-22-24-55-23-21-53-19-11-43)37(28-41(51)52-3)31-49-13-10-34(30-49)6-8-38-9-7-35-5-4-12-45-42(35)47-38/h7,9,25-27,29,34,37H,4-6,8,10-24,28,30-31,43-44H2,1-3H3,(H,45,47)/b32-25-,46-33?. The molecule has 2 fully saturated rings. The fourth-order valence-corrected chi connectivity index (χ4v) is 7.77. The van der Waals surface area contributed by atoms with E-state index in [1.54, 1.807) is 0 Å². The van der Waals surface area contributed by atoms with Crippen LogP contribution in [0.3, 0.4) is 0 Å². The third-order valence-corrected chi connectivity index (χ3v) is 10.7. The lowest BCUT2D eigenvalue weighted by molar-refractivity contribution is -0.141. The highest BCUT2D eigenvalue weighted by molar-refractivity contribution is 5.95. The Kier molecular flexibility index (Phi) is 17.7. The first kappa shape index (κ1) is 42.6. The Morgan fingerprint density at radius 3 is 2.51 bits per heavy atom. The van der Waals surface area contributed by atoms with E-state index in [4.69, 9.17) is 40.4 Å². The Morgan fingerprint density at radius 2 is 1.76 bits per heavy atom. The molecule has 0 aliphatic carbocycles. The monoisotopic (exact) mass is 763 g/mol. The number of anilines is 2. The number of piperazine rings is 1. The van der Waals surface area contributed by atoms with Gasteiger partial charge < -0.3 is 45.5 Å². The largest absolute Gasteiger partial charge is 0.469 e. The molecule has 0 amide bonds. The molecule has 55 heavy (non-hydrogen) atoms. The van der Waals surface area contributed by atoms with Gasteiger partial charge in [0.15, 0.2) is 0 Å². The molecule has 3 aliphatic heterocycles. The number of aryl methyl sites for hydroxylation is 2. The minimum atomic E-state index is -0.194. The summed E-state index contributed by atoms with van der Waals surface area (Å²) in [4.78, 5) is 30.2. The van der Waals surface area contributed by atoms with Crippen LogP contribution < -0.4 is 21.7 Å². The molecule has 5 rings (SSSR count). The van der Waals surface area contributed by atoms with E-state index in [0.29, 0.717) is 64.2 Å². The predicted molar refractivity (Wildman–Crippen MR) is 221 cm³/mol. The molecule has 1 aromatic heterocycles. The quantitative estimate of drug-likeness (QED) is 0.0899. The van der Waals surface area contributed by atoms with Crippen LogP contribution in [0.2, 0.25) is 0 Å². The van der Waals surface area contributed by atoms with Gasteiger partial charge in [0.05, 0.1) is 58.9 Å². The number of hydrogen-bond donors (Lipinski definition) is 3. The topological polar surface area (TPSA) is 153 Å². The summed E-state index contributed by atoms with van der Waals surface area (Å²) in [7, 11) is 1.48. The van der Waals surface area contributed by atoms with Crippen molar-refractivity contribution in [3.8, 4) is 0 Å². The van der Waals surface area contributed by atoms with Gasteiger partial charge in [-0.2, -0.15) is 0 Å². The van der Waals surface area contributed by atoms with E-state index >= 15 is 0 Å². The third-order valence-electron chi connectivity index (χ3n) is 10.7. The van der Waals surface area contributed by atoms with Crippen molar-refractivity contribution in [1.82, 2.24) is 14.8 Å². The van der Waals surface area contributed by atoms with Crippen molar-refractivity contribution >= 4 is 28.9 Å². The number of nitrogens with one attached hydrogen (secondary N) is 1. The zero-order valence-corrected chi connectivity index (χ0v) is 33.6. The van der Waals surface area contributed by atoms with E-state index in [1.165, 1.54) is 24.8 Å². The van der Waals surface area contributed by atoms with Gasteiger partial charge in [0.25, 0.3) is 0 Å². The van der Waals surface area contributed by atoms with Crippen LogP contribution in [0.4, 0.5) is 17.2 Å². The SMILES string of the molecule is COC(=O)CC(CN1CCC(CCc2ccc3c(n2)NCCC3)C1)c1cc(N=C(C)/C=C(/C)N)cc(N2CCN(CCOCCOCCOCCN)CC2)c1. The Balaban J connectivity index is 1.19. The highest BCUT2D eigenvalue weighted by atomic mass is 16.5. The number of benzene rings is 1. The molecule has 0 radical (unpaired) electrons. The van der Waals surface area contributed by atoms with Gasteiger partial charge >= 0.3 is 5.97 Å². The Morgan fingerprint density at radius 1 is 1.00 bits per heavy atom. The Hall–Kier alpha value is -3.59. The van der Waals surface area contributed by atoms with Crippen LogP contribution in [0, 0.1) is 5.92 Å². The zero-order chi connectivity index (χ0) is 38.8. The minimum absolute atomic E-state index is 0.0264. The van der Waals surface area contributed by atoms with Gasteiger partial charge in [-0.15, -0.1) is 0 Å². The average molecular weight is 763 g/mol. The molecule has 5 N–H and O–H groups in total. The molecule has 4 heterocycles. The van der Waals surface area contributed by atoms with Gasteiger partial charge in [0, 0.05) is 87.6 Å². The molecule has 2 saturated heterocycles. The molecule has 13 heteroatoms. The summed E-state index contributed by atoms with van der Waals surface area (Å²) in [6.07, 6.45) is 7.75. The van der Waals surface area contributed by atoms with Gasteiger partial charge in [-0.3, -0.25) is 14.7 Å². The van der Waals surface area contributed by atoms with E-state index in [1.807, 2.05) is 19.9 Å². The summed E-state index contributed by atoms with van der Waals surface area (Å²) in [5.74, 6) is 1.46. The highest BCUT2D eigenvalue weighted by Crippen LogP contribution is 2.34. The number of allylic oxidation sites excluding steroid dienone is 2. The van der Waals surface area contributed by atoms with E-state index in [2.05, 4.69) is 50.3 Å². The van der Waals surface area contributed by atoms with Crippen LogP contribution in [0.15, 0.2) is 47.1 Å². The van der Waals surface area contributed by atoms with Crippen LogP contribution in [0.1, 0.15) is 62.3 Å². The number of nitrogens with zero attached hydrogens (tertiary/aromatic N) is 5. The number of esters is 1. The van der Waals surface area contributed by atoms with Crippen LogP contribution in [0.5, 0.6) is 0 Å². The van der Waals surface area contributed by atoms with Gasteiger partial charge in [0.1, 0.15) is 5.82 Å². The maximum Gasteiger partial charge on any atom is 0.306 e. The number of hydrogen-bond acceptors (Lipinski definition) is 13. The number of carbonyl (C=O) groups excluding carboxylic acids is 1. The van der Waals surface area contributed by atoms with Crippen molar-refractivity contribution in [2.45, 2.75) is 58.3 Å². The van der Waals surface area contributed by atoms with E-state index in [0.717, 1.165) is 113 Å². The Bertz CT molecular complexity index is 1540. The van der Waals surface area contributed by atoms with Crippen molar-refractivity contribution in [1.29, 1.82) is 0 Å². The summed E-state index contributed by atoms with van der Waals surface area (Å²) >= 11 is 0. The smallest absolute Gasteiger partial charge is 0.306 e. The molecule has 13 nitrogen and oxygen atoms in total. The van der Waals surface area contributed by atoms with Crippen LogP contribution in [-0.4, -0.2) is 139 Å². The molecule has 3 aliphatic rings. The molecule has 2 unspecified atom stereocenters.